The summed E-state index contributed by atoms with van der Waals surface area (Å²) in [6.45, 7) is 8.19. The van der Waals surface area contributed by atoms with E-state index in [0.29, 0.717) is 5.92 Å². The van der Waals surface area contributed by atoms with Crippen molar-refractivity contribution in [2.45, 2.75) is 46.2 Å². The Balaban J connectivity index is 1.94. The highest BCUT2D eigenvalue weighted by molar-refractivity contribution is 6.30. The topological polar surface area (TPSA) is 46.8 Å². The van der Waals surface area contributed by atoms with E-state index < -0.39 is 0 Å². The molecule has 118 valence electrons. The predicted octanol–water partition coefficient (Wildman–Crippen LogP) is 3.63. The summed E-state index contributed by atoms with van der Waals surface area (Å²) >= 11 is 6.64. The first-order valence-corrected chi connectivity index (χ1v) is 8.22. The van der Waals surface area contributed by atoms with Crippen molar-refractivity contribution in [1.82, 2.24) is 19.7 Å². The van der Waals surface area contributed by atoms with Gasteiger partial charge in [0, 0.05) is 31.0 Å². The molecule has 1 unspecified atom stereocenters. The van der Waals surface area contributed by atoms with Crippen molar-refractivity contribution in [3.05, 3.63) is 34.9 Å². The van der Waals surface area contributed by atoms with Gasteiger partial charge in [-0.05, 0) is 31.7 Å². The molecule has 1 atom stereocenters. The van der Waals surface area contributed by atoms with Gasteiger partial charge < -0.3 is 4.90 Å². The third-order valence-electron chi connectivity index (χ3n) is 4.04. The van der Waals surface area contributed by atoms with Gasteiger partial charge in [0.15, 0.2) is 0 Å². The number of hydrogen-bond donors (Lipinski definition) is 0. The van der Waals surface area contributed by atoms with Gasteiger partial charge in [0.1, 0.15) is 5.15 Å². The molecule has 0 N–H and O–H groups in total. The summed E-state index contributed by atoms with van der Waals surface area (Å²) in [5, 5.41) is 5.40. The molecule has 2 aromatic heterocycles. The van der Waals surface area contributed by atoms with Gasteiger partial charge in [0.2, 0.25) is 5.95 Å². The highest BCUT2D eigenvalue weighted by atomic mass is 35.5. The maximum absolute atomic E-state index is 6.64. The minimum atomic E-state index is 0.218. The lowest BCUT2D eigenvalue weighted by Gasteiger charge is -2.24. The number of aromatic nitrogens is 4. The number of hydrogen-bond acceptors (Lipinski definition) is 4. The predicted molar refractivity (Wildman–Crippen MR) is 88.2 cm³/mol. The average molecular weight is 320 g/mol. The lowest BCUT2D eigenvalue weighted by atomic mass is 10.1. The van der Waals surface area contributed by atoms with Gasteiger partial charge in [0.05, 0.1) is 11.7 Å². The summed E-state index contributed by atoms with van der Waals surface area (Å²) < 4.78 is 1.93. The van der Waals surface area contributed by atoms with Crippen LogP contribution in [0, 0.1) is 12.8 Å². The zero-order valence-electron chi connectivity index (χ0n) is 13.3. The fourth-order valence-electron chi connectivity index (χ4n) is 3.16. The first kappa shape index (κ1) is 15.3. The molecule has 6 heteroatoms. The van der Waals surface area contributed by atoms with E-state index in [1.54, 1.807) is 12.4 Å². The minimum Gasteiger partial charge on any atom is -0.334 e. The summed E-state index contributed by atoms with van der Waals surface area (Å²) in [7, 11) is 0. The standard InChI is InChI=1S/C16H22ClN5/c1-11(2)10-22-15(17)14(12(3)20-22)13-6-4-9-21(13)16-18-7-5-8-19-16/h5,7-8,11,13H,4,6,9-10H2,1-3H3. The second kappa shape index (κ2) is 6.24. The fourth-order valence-corrected chi connectivity index (χ4v) is 3.53. The van der Waals surface area contributed by atoms with E-state index in [-0.39, 0.29) is 6.04 Å². The molecule has 1 fully saturated rings. The van der Waals surface area contributed by atoms with Crippen LogP contribution in [-0.2, 0) is 6.54 Å². The van der Waals surface area contributed by atoms with E-state index >= 15 is 0 Å². The van der Waals surface area contributed by atoms with Crippen LogP contribution in [0.1, 0.15) is 44.0 Å². The largest absolute Gasteiger partial charge is 0.334 e. The second-order valence-electron chi connectivity index (χ2n) is 6.27. The Kier molecular flexibility index (Phi) is 4.34. The molecule has 2 aromatic rings. The van der Waals surface area contributed by atoms with Crippen molar-refractivity contribution < 1.29 is 0 Å². The maximum atomic E-state index is 6.64. The third kappa shape index (κ3) is 2.82. The van der Waals surface area contributed by atoms with Crippen LogP contribution in [0.5, 0.6) is 0 Å². The van der Waals surface area contributed by atoms with Crippen molar-refractivity contribution >= 4 is 17.5 Å². The van der Waals surface area contributed by atoms with E-state index in [4.69, 9.17) is 11.6 Å². The van der Waals surface area contributed by atoms with Crippen LogP contribution < -0.4 is 4.90 Å². The molecule has 22 heavy (non-hydrogen) atoms. The number of nitrogens with zero attached hydrogens (tertiary/aromatic N) is 5. The Morgan fingerprint density at radius 1 is 1.32 bits per heavy atom. The number of rotatable bonds is 4. The van der Waals surface area contributed by atoms with Crippen molar-refractivity contribution in [2.24, 2.45) is 5.92 Å². The van der Waals surface area contributed by atoms with Crippen LogP contribution in [0.2, 0.25) is 5.15 Å². The quantitative estimate of drug-likeness (QED) is 0.863. The smallest absolute Gasteiger partial charge is 0.225 e. The zero-order chi connectivity index (χ0) is 15.7. The monoisotopic (exact) mass is 319 g/mol. The van der Waals surface area contributed by atoms with E-state index in [1.165, 1.54) is 0 Å². The highest BCUT2D eigenvalue weighted by Crippen LogP contribution is 2.39. The van der Waals surface area contributed by atoms with Crippen LogP contribution in [-0.4, -0.2) is 26.3 Å². The minimum absolute atomic E-state index is 0.218. The lowest BCUT2D eigenvalue weighted by molar-refractivity contribution is 0.481. The molecule has 1 aliphatic heterocycles. The Hall–Kier alpha value is -1.62. The van der Waals surface area contributed by atoms with Crippen molar-refractivity contribution in [3.8, 4) is 0 Å². The number of anilines is 1. The highest BCUT2D eigenvalue weighted by Gasteiger charge is 2.32. The van der Waals surface area contributed by atoms with Crippen LogP contribution >= 0.6 is 11.6 Å². The molecule has 0 saturated carbocycles. The van der Waals surface area contributed by atoms with Crippen LogP contribution in [0.15, 0.2) is 18.5 Å². The summed E-state index contributed by atoms with van der Waals surface area (Å²) in [6.07, 6.45) is 5.75. The summed E-state index contributed by atoms with van der Waals surface area (Å²) in [5.74, 6) is 1.29. The van der Waals surface area contributed by atoms with Crippen molar-refractivity contribution in [1.29, 1.82) is 0 Å². The second-order valence-corrected chi connectivity index (χ2v) is 6.62. The Morgan fingerprint density at radius 3 is 2.73 bits per heavy atom. The fraction of sp³-hybridized carbons (Fsp3) is 0.562. The molecule has 3 heterocycles. The van der Waals surface area contributed by atoms with Crippen molar-refractivity contribution in [3.63, 3.8) is 0 Å². The molecule has 0 radical (unpaired) electrons. The summed E-state index contributed by atoms with van der Waals surface area (Å²) in [6, 6.07) is 2.06. The Labute approximate surface area is 136 Å². The van der Waals surface area contributed by atoms with E-state index in [0.717, 1.165) is 48.3 Å². The third-order valence-corrected chi connectivity index (χ3v) is 4.44. The van der Waals surface area contributed by atoms with Gasteiger partial charge in [-0.1, -0.05) is 25.4 Å². The van der Waals surface area contributed by atoms with Crippen LogP contribution in [0.3, 0.4) is 0 Å². The van der Waals surface area contributed by atoms with Crippen molar-refractivity contribution in [2.75, 3.05) is 11.4 Å². The molecule has 0 spiro atoms. The maximum Gasteiger partial charge on any atom is 0.225 e. The molecule has 5 nitrogen and oxygen atoms in total. The first-order chi connectivity index (χ1) is 10.6. The Bertz CT molecular complexity index is 637. The average Bonchev–Trinajstić information content (AvgIpc) is 3.05. The molecular weight excluding hydrogens is 298 g/mol. The van der Waals surface area contributed by atoms with Gasteiger partial charge in [-0.25, -0.2) is 9.97 Å². The van der Waals surface area contributed by atoms with Gasteiger partial charge in [-0.15, -0.1) is 0 Å². The number of aryl methyl sites for hydroxylation is 1. The zero-order valence-corrected chi connectivity index (χ0v) is 14.1. The van der Waals surface area contributed by atoms with Crippen LogP contribution in [0.4, 0.5) is 5.95 Å². The van der Waals surface area contributed by atoms with Gasteiger partial charge in [0.25, 0.3) is 0 Å². The van der Waals surface area contributed by atoms with Crippen LogP contribution in [0.25, 0.3) is 0 Å². The number of halogens is 1. The summed E-state index contributed by atoms with van der Waals surface area (Å²) in [5.41, 5.74) is 2.14. The normalized spacial score (nSPS) is 18.4. The molecule has 1 saturated heterocycles. The Morgan fingerprint density at radius 2 is 2.05 bits per heavy atom. The molecule has 0 aliphatic carbocycles. The first-order valence-electron chi connectivity index (χ1n) is 7.84. The van der Waals surface area contributed by atoms with E-state index in [2.05, 4.69) is 33.8 Å². The van der Waals surface area contributed by atoms with Gasteiger partial charge in [-0.2, -0.15) is 5.10 Å². The van der Waals surface area contributed by atoms with Gasteiger partial charge >= 0.3 is 0 Å². The SMILES string of the molecule is Cc1nn(CC(C)C)c(Cl)c1C1CCCN1c1ncccn1. The molecule has 0 aromatic carbocycles. The molecular formula is C16H22ClN5. The molecule has 1 aliphatic rings. The summed E-state index contributed by atoms with van der Waals surface area (Å²) in [4.78, 5) is 11.0. The molecule has 3 rings (SSSR count). The molecule has 0 amide bonds. The molecule has 0 bridgehead atoms. The van der Waals surface area contributed by atoms with E-state index in [9.17, 15) is 0 Å². The lowest BCUT2D eigenvalue weighted by Crippen LogP contribution is -2.25. The van der Waals surface area contributed by atoms with E-state index in [1.807, 2.05) is 17.7 Å². The van der Waals surface area contributed by atoms with Gasteiger partial charge in [-0.3, -0.25) is 4.68 Å².